The Labute approximate surface area is 182 Å². The van der Waals surface area contributed by atoms with E-state index >= 15 is 0 Å². The number of hydrogen-bond donors (Lipinski definition) is 1. The van der Waals surface area contributed by atoms with Crippen molar-refractivity contribution in [3.63, 3.8) is 0 Å². The summed E-state index contributed by atoms with van der Waals surface area (Å²) in [5.41, 5.74) is 2.96. The number of nitrogens with zero attached hydrogens (tertiary/aromatic N) is 3. The molecule has 1 N–H and O–H groups in total. The van der Waals surface area contributed by atoms with Gasteiger partial charge in [0.2, 0.25) is 5.91 Å². The van der Waals surface area contributed by atoms with E-state index in [0.717, 1.165) is 52.7 Å². The highest BCUT2D eigenvalue weighted by atomic mass is 32.2. The van der Waals surface area contributed by atoms with Crippen molar-refractivity contribution in [2.45, 2.75) is 44.2 Å². The largest absolute Gasteiger partial charge is 0.354 e. The van der Waals surface area contributed by atoms with Gasteiger partial charge in [-0.25, -0.2) is 4.98 Å². The second-order valence-corrected chi connectivity index (χ2v) is 9.33. The number of fused-ring (bicyclic) bond motifs is 3. The molecule has 1 amide bonds. The fraction of sp³-hybridized carbons (Fsp3) is 0.364. The highest BCUT2D eigenvalue weighted by Gasteiger charge is 2.23. The van der Waals surface area contributed by atoms with E-state index in [1.54, 1.807) is 15.9 Å². The zero-order valence-electron chi connectivity index (χ0n) is 16.7. The predicted octanol–water partition coefficient (Wildman–Crippen LogP) is 3.76. The second-order valence-electron chi connectivity index (χ2n) is 7.31. The molecule has 0 radical (unpaired) electrons. The molecule has 2 heterocycles. The molecule has 0 unspecified atom stereocenters. The number of aryl methyl sites for hydroxylation is 3. The smallest absolute Gasteiger partial charge is 0.267 e. The van der Waals surface area contributed by atoms with Crippen LogP contribution in [0.3, 0.4) is 0 Å². The first-order valence-electron chi connectivity index (χ1n) is 9.99. The second kappa shape index (κ2) is 9.02. The van der Waals surface area contributed by atoms with Crippen molar-refractivity contribution >= 4 is 39.2 Å². The lowest BCUT2D eigenvalue weighted by molar-refractivity contribution is -0.118. The van der Waals surface area contributed by atoms with Gasteiger partial charge in [-0.2, -0.15) is 5.26 Å². The number of thiophene rings is 1. The Morgan fingerprint density at radius 3 is 2.83 bits per heavy atom. The summed E-state index contributed by atoms with van der Waals surface area (Å²) >= 11 is 2.86. The molecule has 0 fully saturated rings. The molecule has 1 aliphatic rings. The van der Waals surface area contributed by atoms with E-state index in [1.165, 1.54) is 16.6 Å². The molecule has 30 heavy (non-hydrogen) atoms. The highest BCUT2D eigenvalue weighted by Crippen LogP contribution is 2.35. The third-order valence-electron chi connectivity index (χ3n) is 5.14. The summed E-state index contributed by atoms with van der Waals surface area (Å²) in [5.74, 6) is -0.0362. The van der Waals surface area contributed by atoms with Crippen LogP contribution in [0.1, 0.15) is 35.3 Å². The minimum Gasteiger partial charge on any atom is -0.354 e. The van der Waals surface area contributed by atoms with Crippen molar-refractivity contribution in [1.82, 2.24) is 14.9 Å². The molecule has 1 aliphatic carbocycles. The molecule has 0 atom stereocenters. The maximum absolute atomic E-state index is 13.6. The van der Waals surface area contributed by atoms with Gasteiger partial charge in [0, 0.05) is 11.4 Å². The number of hydrogen-bond acceptors (Lipinski definition) is 6. The van der Waals surface area contributed by atoms with Gasteiger partial charge in [-0.15, -0.1) is 11.3 Å². The summed E-state index contributed by atoms with van der Waals surface area (Å²) < 4.78 is 1.64. The van der Waals surface area contributed by atoms with Gasteiger partial charge in [0.25, 0.3) is 5.56 Å². The average molecular weight is 439 g/mol. The topological polar surface area (TPSA) is 87.8 Å². The lowest BCUT2D eigenvalue weighted by Gasteiger charge is -2.14. The summed E-state index contributed by atoms with van der Waals surface area (Å²) in [5, 5.41) is 12.6. The van der Waals surface area contributed by atoms with E-state index in [0.29, 0.717) is 11.7 Å². The summed E-state index contributed by atoms with van der Waals surface area (Å²) in [7, 11) is 0. The Morgan fingerprint density at radius 1 is 1.30 bits per heavy atom. The van der Waals surface area contributed by atoms with Crippen molar-refractivity contribution in [3.8, 4) is 11.8 Å². The standard InChI is InChI=1S/C22H22N4O2S2/c1-14-7-9-15(10-8-14)26-21(28)19-16-5-2-3-6-17(16)30-20(19)25-22(26)29-13-18(27)24-12-4-11-23/h7-10H,2-6,12-13H2,1H3,(H,24,27). The first-order valence-corrected chi connectivity index (χ1v) is 11.8. The molecule has 0 saturated heterocycles. The minimum atomic E-state index is -0.175. The van der Waals surface area contributed by atoms with Crippen LogP contribution in [0.2, 0.25) is 0 Å². The van der Waals surface area contributed by atoms with E-state index in [-0.39, 0.29) is 23.6 Å². The Balaban J connectivity index is 1.76. The van der Waals surface area contributed by atoms with E-state index in [2.05, 4.69) is 5.32 Å². The molecule has 3 aromatic rings. The molecule has 0 spiro atoms. The van der Waals surface area contributed by atoms with Gasteiger partial charge in [-0.05, 0) is 50.3 Å². The third kappa shape index (κ3) is 4.13. The Bertz CT molecular complexity index is 1190. The average Bonchev–Trinajstić information content (AvgIpc) is 3.12. The molecule has 0 bridgehead atoms. The number of amides is 1. The molecule has 8 heteroatoms. The quantitative estimate of drug-likeness (QED) is 0.360. The first kappa shape index (κ1) is 20.6. The molecule has 0 saturated carbocycles. The van der Waals surface area contributed by atoms with Crippen LogP contribution in [-0.2, 0) is 17.6 Å². The fourth-order valence-corrected chi connectivity index (χ4v) is 5.79. The van der Waals surface area contributed by atoms with Gasteiger partial charge in [0.1, 0.15) is 4.83 Å². The third-order valence-corrected chi connectivity index (χ3v) is 7.27. The van der Waals surface area contributed by atoms with Gasteiger partial charge in [-0.1, -0.05) is 29.5 Å². The number of carbonyl (C=O) groups is 1. The number of nitrogens with one attached hydrogen (secondary N) is 1. The van der Waals surface area contributed by atoms with E-state index in [1.807, 2.05) is 37.3 Å². The maximum atomic E-state index is 13.6. The van der Waals surface area contributed by atoms with Crippen LogP contribution < -0.4 is 10.9 Å². The van der Waals surface area contributed by atoms with E-state index in [9.17, 15) is 9.59 Å². The number of benzene rings is 1. The van der Waals surface area contributed by atoms with Crippen LogP contribution in [0.15, 0.2) is 34.2 Å². The van der Waals surface area contributed by atoms with Gasteiger partial charge in [-0.3, -0.25) is 14.2 Å². The molecule has 154 valence electrons. The molecule has 2 aromatic heterocycles. The normalized spacial score (nSPS) is 13.1. The van der Waals surface area contributed by atoms with Crippen molar-refractivity contribution in [3.05, 3.63) is 50.6 Å². The van der Waals surface area contributed by atoms with Crippen molar-refractivity contribution in [2.24, 2.45) is 0 Å². The Hall–Kier alpha value is -2.63. The number of thioether (sulfide) groups is 1. The van der Waals surface area contributed by atoms with Gasteiger partial charge >= 0.3 is 0 Å². The van der Waals surface area contributed by atoms with Crippen molar-refractivity contribution in [1.29, 1.82) is 5.26 Å². The summed E-state index contributed by atoms with van der Waals surface area (Å²) in [6.45, 7) is 2.33. The SMILES string of the molecule is Cc1ccc(-n2c(SCC(=O)NCCC#N)nc3sc4c(c3c2=O)CCCC4)cc1. The Morgan fingerprint density at radius 2 is 2.07 bits per heavy atom. The lowest BCUT2D eigenvalue weighted by atomic mass is 9.97. The maximum Gasteiger partial charge on any atom is 0.267 e. The van der Waals surface area contributed by atoms with Gasteiger partial charge < -0.3 is 5.32 Å². The number of rotatable bonds is 6. The highest BCUT2D eigenvalue weighted by molar-refractivity contribution is 7.99. The molecule has 1 aromatic carbocycles. The van der Waals surface area contributed by atoms with Gasteiger partial charge in [0.15, 0.2) is 5.16 Å². The first-order chi connectivity index (χ1) is 14.6. The van der Waals surface area contributed by atoms with Crippen molar-refractivity contribution < 1.29 is 4.79 Å². The van der Waals surface area contributed by atoms with Crippen LogP contribution in [0.4, 0.5) is 0 Å². The monoisotopic (exact) mass is 438 g/mol. The van der Waals surface area contributed by atoms with Crippen LogP contribution in [0.5, 0.6) is 0 Å². The number of aromatic nitrogens is 2. The number of nitriles is 1. The molecular weight excluding hydrogens is 416 g/mol. The summed E-state index contributed by atoms with van der Waals surface area (Å²) in [6, 6.07) is 9.78. The Kier molecular flexibility index (Phi) is 6.21. The van der Waals surface area contributed by atoms with Gasteiger partial charge in [0.05, 0.1) is 29.3 Å². The predicted molar refractivity (Wildman–Crippen MR) is 121 cm³/mol. The van der Waals surface area contributed by atoms with E-state index < -0.39 is 0 Å². The molecule has 6 nitrogen and oxygen atoms in total. The minimum absolute atomic E-state index is 0.0596. The zero-order chi connectivity index (χ0) is 21.1. The van der Waals surface area contributed by atoms with Crippen LogP contribution >= 0.6 is 23.1 Å². The molecular formula is C22H22N4O2S2. The number of carbonyl (C=O) groups excluding carboxylic acids is 1. The molecule has 0 aliphatic heterocycles. The van der Waals surface area contributed by atoms with Crippen LogP contribution in [0.25, 0.3) is 15.9 Å². The van der Waals surface area contributed by atoms with Crippen LogP contribution in [0, 0.1) is 18.3 Å². The summed E-state index contributed by atoms with van der Waals surface area (Å²) in [6.07, 6.45) is 4.45. The van der Waals surface area contributed by atoms with Crippen molar-refractivity contribution in [2.75, 3.05) is 12.3 Å². The van der Waals surface area contributed by atoms with Crippen LogP contribution in [-0.4, -0.2) is 27.8 Å². The van der Waals surface area contributed by atoms with E-state index in [4.69, 9.17) is 10.2 Å². The molecule has 4 rings (SSSR count). The fourth-order valence-electron chi connectivity index (χ4n) is 3.64. The zero-order valence-corrected chi connectivity index (χ0v) is 18.4. The summed E-state index contributed by atoms with van der Waals surface area (Å²) in [4.78, 5) is 32.6. The lowest BCUT2D eigenvalue weighted by Crippen LogP contribution is -2.27.